The van der Waals surface area contributed by atoms with Crippen molar-refractivity contribution in [3.05, 3.63) is 27.7 Å². The van der Waals surface area contributed by atoms with E-state index >= 15 is 0 Å². The Balaban J connectivity index is 2.12. The molecule has 1 aromatic rings. The van der Waals surface area contributed by atoms with Gasteiger partial charge in [-0.15, -0.1) is 0 Å². The summed E-state index contributed by atoms with van der Waals surface area (Å²) in [6.07, 6.45) is 2.78. The fourth-order valence-corrected chi connectivity index (χ4v) is 2.30. The number of hydrogen-bond acceptors (Lipinski definition) is 3. The summed E-state index contributed by atoms with van der Waals surface area (Å²) < 4.78 is 4.10. The average Bonchev–Trinajstić information content (AvgIpc) is 2.64. The molecular formula is C10H11ClN2OS. The van der Waals surface area contributed by atoms with Crippen molar-refractivity contribution in [1.29, 1.82) is 0 Å². The first-order valence-corrected chi connectivity index (χ1v) is 5.89. The van der Waals surface area contributed by atoms with Crippen molar-refractivity contribution in [2.24, 2.45) is 0 Å². The molecule has 3 nitrogen and oxygen atoms in total. The van der Waals surface area contributed by atoms with Gasteiger partial charge in [0.25, 0.3) is 5.91 Å². The quantitative estimate of drug-likeness (QED) is 0.758. The molecule has 0 bridgehead atoms. The Labute approximate surface area is 97.5 Å². The van der Waals surface area contributed by atoms with E-state index in [0.717, 1.165) is 22.9 Å². The van der Waals surface area contributed by atoms with E-state index in [2.05, 4.69) is 4.37 Å². The normalized spacial score (nSPS) is 16.4. The maximum Gasteiger partial charge on any atom is 0.273 e. The van der Waals surface area contributed by atoms with Gasteiger partial charge in [-0.3, -0.25) is 4.79 Å². The maximum absolute atomic E-state index is 11.9. The summed E-state index contributed by atoms with van der Waals surface area (Å²) in [6.45, 7) is 3.18. The van der Waals surface area contributed by atoms with Crippen LogP contribution in [0.2, 0.25) is 0 Å². The minimum absolute atomic E-state index is 0.0226. The third-order valence-electron chi connectivity index (χ3n) is 2.24. The second-order valence-electron chi connectivity index (χ2n) is 3.49. The zero-order chi connectivity index (χ0) is 10.8. The number of hydrogen-bond donors (Lipinski definition) is 0. The van der Waals surface area contributed by atoms with E-state index in [0.29, 0.717) is 12.2 Å². The Morgan fingerprint density at radius 3 is 3.07 bits per heavy atom. The van der Waals surface area contributed by atoms with Crippen LogP contribution in [0.3, 0.4) is 0 Å². The van der Waals surface area contributed by atoms with Gasteiger partial charge in [-0.2, -0.15) is 4.37 Å². The van der Waals surface area contributed by atoms with E-state index in [9.17, 15) is 4.79 Å². The predicted octanol–water partition coefficient (Wildman–Crippen LogP) is 2.42. The fraction of sp³-hybridized carbons (Fsp3) is 0.400. The molecule has 80 valence electrons. The monoisotopic (exact) mass is 242 g/mol. The van der Waals surface area contributed by atoms with Crippen LogP contribution in [0.15, 0.2) is 17.2 Å². The third kappa shape index (κ3) is 2.38. The van der Waals surface area contributed by atoms with Crippen LogP contribution in [0.25, 0.3) is 0 Å². The number of aryl methyl sites for hydroxylation is 1. The lowest BCUT2D eigenvalue weighted by Crippen LogP contribution is -2.35. The average molecular weight is 243 g/mol. The molecule has 0 aliphatic carbocycles. The van der Waals surface area contributed by atoms with Crippen LogP contribution in [0.5, 0.6) is 0 Å². The lowest BCUT2D eigenvalue weighted by molar-refractivity contribution is 0.0764. The zero-order valence-corrected chi connectivity index (χ0v) is 9.94. The van der Waals surface area contributed by atoms with Gasteiger partial charge in [0.2, 0.25) is 0 Å². The second-order valence-corrected chi connectivity index (χ2v) is 4.98. The molecule has 1 aliphatic rings. The molecule has 2 rings (SSSR count). The van der Waals surface area contributed by atoms with Gasteiger partial charge in [0.15, 0.2) is 0 Å². The van der Waals surface area contributed by atoms with E-state index in [4.69, 9.17) is 11.6 Å². The van der Waals surface area contributed by atoms with Crippen LogP contribution in [-0.2, 0) is 0 Å². The van der Waals surface area contributed by atoms with Gasteiger partial charge in [-0.1, -0.05) is 17.7 Å². The highest BCUT2D eigenvalue weighted by molar-refractivity contribution is 7.05. The Morgan fingerprint density at radius 2 is 2.47 bits per heavy atom. The van der Waals surface area contributed by atoms with E-state index in [-0.39, 0.29) is 5.91 Å². The molecule has 0 fully saturated rings. The lowest BCUT2D eigenvalue weighted by Gasteiger charge is -2.24. The van der Waals surface area contributed by atoms with E-state index in [1.807, 2.05) is 19.1 Å². The minimum Gasteiger partial charge on any atom is -0.332 e. The van der Waals surface area contributed by atoms with Gasteiger partial charge in [-0.05, 0) is 30.9 Å². The van der Waals surface area contributed by atoms with E-state index < -0.39 is 0 Å². The number of aromatic nitrogens is 1. The van der Waals surface area contributed by atoms with E-state index in [1.54, 1.807) is 4.90 Å². The van der Waals surface area contributed by atoms with Gasteiger partial charge in [0.05, 0.1) is 6.54 Å². The van der Waals surface area contributed by atoms with Gasteiger partial charge < -0.3 is 4.90 Å². The standard InChI is InChI=1S/C10H11ClN2OS/c1-7-5-9(12-15-7)10(14)13-4-2-3-8(11)6-13/h3,5H,2,4,6H2,1H3. The van der Waals surface area contributed by atoms with Crippen LogP contribution >= 0.6 is 23.1 Å². The summed E-state index contributed by atoms with van der Waals surface area (Å²) in [4.78, 5) is 14.7. The summed E-state index contributed by atoms with van der Waals surface area (Å²) >= 11 is 7.25. The highest BCUT2D eigenvalue weighted by Crippen LogP contribution is 2.17. The van der Waals surface area contributed by atoms with Crippen molar-refractivity contribution in [2.75, 3.05) is 13.1 Å². The van der Waals surface area contributed by atoms with Crippen LogP contribution in [0.1, 0.15) is 21.8 Å². The number of carbonyl (C=O) groups is 1. The molecule has 1 aromatic heterocycles. The molecule has 0 aromatic carbocycles. The molecule has 0 spiro atoms. The van der Waals surface area contributed by atoms with Crippen LogP contribution in [-0.4, -0.2) is 28.3 Å². The van der Waals surface area contributed by atoms with Crippen molar-refractivity contribution in [1.82, 2.24) is 9.27 Å². The highest BCUT2D eigenvalue weighted by atomic mass is 35.5. The first-order chi connectivity index (χ1) is 7.16. The molecule has 0 saturated carbocycles. The Bertz CT molecular complexity index is 413. The summed E-state index contributed by atoms with van der Waals surface area (Å²) in [5.41, 5.74) is 0.531. The van der Waals surface area contributed by atoms with Crippen molar-refractivity contribution >= 4 is 29.0 Å². The molecule has 5 heteroatoms. The van der Waals surface area contributed by atoms with Crippen LogP contribution in [0, 0.1) is 6.92 Å². The van der Waals surface area contributed by atoms with E-state index in [1.165, 1.54) is 11.5 Å². The highest BCUT2D eigenvalue weighted by Gasteiger charge is 2.20. The van der Waals surface area contributed by atoms with Crippen molar-refractivity contribution in [3.63, 3.8) is 0 Å². The number of rotatable bonds is 1. The third-order valence-corrected chi connectivity index (χ3v) is 3.21. The smallest absolute Gasteiger partial charge is 0.273 e. The van der Waals surface area contributed by atoms with Crippen molar-refractivity contribution in [2.45, 2.75) is 13.3 Å². The number of amides is 1. The Morgan fingerprint density at radius 1 is 1.67 bits per heavy atom. The molecule has 0 unspecified atom stereocenters. The number of carbonyl (C=O) groups excluding carboxylic acids is 1. The van der Waals surface area contributed by atoms with Crippen molar-refractivity contribution in [3.8, 4) is 0 Å². The first kappa shape index (κ1) is 10.6. The molecule has 0 atom stereocenters. The molecular weight excluding hydrogens is 232 g/mol. The summed E-state index contributed by atoms with van der Waals surface area (Å²) in [5, 5.41) is 0.738. The van der Waals surface area contributed by atoms with Gasteiger partial charge in [0, 0.05) is 16.5 Å². The summed E-state index contributed by atoms with van der Waals surface area (Å²) in [5.74, 6) is -0.0226. The largest absolute Gasteiger partial charge is 0.332 e. The number of nitrogens with zero attached hydrogens (tertiary/aromatic N) is 2. The van der Waals surface area contributed by atoms with Crippen molar-refractivity contribution < 1.29 is 4.79 Å². The molecule has 1 aliphatic heterocycles. The Hall–Kier alpha value is -0.870. The summed E-state index contributed by atoms with van der Waals surface area (Å²) in [6, 6.07) is 1.82. The predicted molar refractivity (Wildman–Crippen MR) is 61.3 cm³/mol. The molecule has 1 amide bonds. The maximum atomic E-state index is 11.9. The van der Waals surface area contributed by atoms with Gasteiger partial charge >= 0.3 is 0 Å². The molecule has 0 N–H and O–H groups in total. The molecule has 2 heterocycles. The Kier molecular flexibility index (Phi) is 3.07. The fourth-order valence-electron chi connectivity index (χ4n) is 1.51. The first-order valence-electron chi connectivity index (χ1n) is 4.74. The van der Waals surface area contributed by atoms with Crippen LogP contribution < -0.4 is 0 Å². The molecule has 15 heavy (non-hydrogen) atoms. The molecule has 0 saturated heterocycles. The second kappa shape index (κ2) is 4.33. The molecule has 0 radical (unpaired) electrons. The van der Waals surface area contributed by atoms with Crippen LogP contribution in [0.4, 0.5) is 0 Å². The van der Waals surface area contributed by atoms with Gasteiger partial charge in [-0.25, -0.2) is 0 Å². The topological polar surface area (TPSA) is 33.2 Å². The number of halogens is 1. The lowest BCUT2D eigenvalue weighted by atomic mass is 10.2. The van der Waals surface area contributed by atoms with Gasteiger partial charge in [0.1, 0.15) is 5.69 Å². The zero-order valence-electron chi connectivity index (χ0n) is 8.36. The summed E-state index contributed by atoms with van der Waals surface area (Å²) in [7, 11) is 0. The minimum atomic E-state index is -0.0226. The SMILES string of the molecule is Cc1cc(C(=O)N2CCC=C(Cl)C2)ns1.